The molecule has 0 aliphatic carbocycles. The van der Waals surface area contributed by atoms with Gasteiger partial charge in [-0.3, -0.25) is 0 Å². The molecule has 0 saturated carbocycles. The quantitative estimate of drug-likeness (QED) is 0.326. The van der Waals surface area contributed by atoms with Crippen molar-refractivity contribution >= 4 is 30.8 Å². The van der Waals surface area contributed by atoms with E-state index in [2.05, 4.69) is 0 Å². The number of carbonyl (C=O) groups is 2. The fourth-order valence-corrected chi connectivity index (χ4v) is 0.276. The predicted octanol–water partition coefficient (Wildman–Crippen LogP) is -0.381. The molecule has 0 rings (SSSR count). The maximum absolute atomic E-state index is 9.78. The zero-order valence-corrected chi connectivity index (χ0v) is 5.02. The van der Waals surface area contributed by atoms with Crippen molar-refractivity contribution in [1.29, 1.82) is 0 Å². The van der Waals surface area contributed by atoms with Crippen molar-refractivity contribution in [3.8, 4) is 0 Å². The van der Waals surface area contributed by atoms with Crippen LogP contribution in [-0.4, -0.2) is 41.0 Å². The Bertz CT molecular complexity index is 173. The van der Waals surface area contributed by atoms with Crippen LogP contribution >= 0.6 is 0 Å². The molecular weight excluding hydrogens is 143 g/mol. The molecular formula is C6H7LiO4. The number of allylic oxidation sites excluding steroid dienone is 2. The van der Waals surface area contributed by atoms with Crippen LogP contribution < -0.4 is 0 Å². The molecule has 4 nitrogen and oxygen atoms in total. The second kappa shape index (κ2) is 7.13. The van der Waals surface area contributed by atoms with Crippen molar-refractivity contribution in [2.24, 2.45) is 0 Å². The molecule has 0 unspecified atom stereocenters. The van der Waals surface area contributed by atoms with Gasteiger partial charge in [0.2, 0.25) is 0 Å². The van der Waals surface area contributed by atoms with E-state index in [-0.39, 0.29) is 18.9 Å². The summed E-state index contributed by atoms with van der Waals surface area (Å²) in [6.07, 6.45) is 3.96. The number of carboxylic acid groups (broad SMARTS) is 2. The topological polar surface area (TPSA) is 74.6 Å². The monoisotopic (exact) mass is 150 g/mol. The molecule has 0 aromatic carbocycles. The van der Waals surface area contributed by atoms with Crippen molar-refractivity contribution in [2.75, 3.05) is 0 Å². The summed E-state index contributed by atoms with van der Waals surface area (Å²) in [7, 11) is 0. The Morgan fingerprint density at radius 2 is 1.18 bits per heavy atom. The molecule has 0 aliphatic heterocycles. The second-order valence-corrected chi connectivity index (χ2v) is 1.39. The van der Waals surface area contributed by atoms with E-state index in [1.807, 2.05) is 0 Å². The van der Waals surface area contributed by atoms with Crippen LogP contribution in [0.25, 0.3) is 0 Å². The average molecular weight is 150 g/mol. The molecule has 0 radical (unpaired) electrons. The zero-order valence-electron chi connectivity index (χ0n) is 5.02. The second-order valence-electron chi connectivity index (χ2n) is 1.39. The molecule has 0 bridgehead atoms. The number of hydrogen-bond acceptors (Lipinski definition) is 2. The fraction of sp³-hybridized carbons (Fsp3) is 0. The molecule has 0 aromatic rings. The Morgan fingerprint density at radius 3 is 1.36 bits per heavy atom. The Morgan fingerprint density at radius 1 is 0.909 bits per heavy atom. The van der Waals surface area contributed by atoms with Crippen LogP contribution in [-0.2, 0) is 9.59 Å². The molecule has 56 valence electrons. The third-order valence-corrected chi connectivity index (χ3v) is 0.589. The summed E-state index contributed by atoms with van der Waals surface area (Å²) in [5.74, 6) is -2.20. The first-order valence-electron chi connectivity index (χ1n) is 2.43. The van der Waals surface area contributed by atoms with Gasteiger partial charge in [0, 0.05) is 12.2 Å². The van der Waals surface area contributed by atoms with Gasteiger partial charge in [-0.1, -0.05) is 12.2 Å². The molecule has 0 atom stereocenters. The first-order chi connectivity index (χ1) is 4.63. The molecule has 0 aromatic heterocycles. The number of carboxylic acids is 2. The molecule has 0 spiro atoms. The number of hydrogen-bond donors (Lipinski definition) is 2. The summed E-state index contributed by atoms with van der Waals surface area (Å²) >= 11 is 0. The van der Waals surface area contributed by atoms with Gasteiger partial charge >= 0.3 is 30.8 Å². The van der Waals surface area contributed by atoms with Gasteiger partial charge in [-0.15, -0.1) is 0 Å². The average Bonchev–Trinajstić information content (AvgIpc) is 1.79. The normalized spacial score (nSPS) is 9.82. The Hall–Kier alpha value is -0.983. The molecule has 0 aliphatic rings. The van der Waals surface area contributed by atoms with Gasteiger partial charge in [0.05, 0.1) is 0 Å². The summed E-state index contributed by atoms with van der Waals surface area (Å²) in [6.45, 7) is 0. The van der Waals surface area contributed by atoms with Crippen LogP contribution in [0.5, 0.6) is 0 Å². The van der Waals surface area contributed by atoms with Crippen LogP contribution in [0, 0.1) is 0 Å². The van der Waals surface area contributed by atoms with Gasteiger partial charge in [-0.25, -0.2) is 9.59 Å². The summed E-state index contributed by atoms with van der Waals surface area (Å²) < 4.78 is 0. The molecule has 0 amide bonds. The van der Waals surface area contributed by atoms with Crippen LogP contribution in [0.15, 0.2) is 24.3 Å². The summed E-state index contributed by atoms with van der Waals surface area (Å²) in [4.78, 5) is 19.6. The van der Waals surface area contributed by atoms with E-state index in [0.717, 1.165) is 24.3 Å². The van der Waals surface area contributed by atoms with Gasteiger partial charge in [-0.05, 0) is 0 Å². The van der Waals surface area contributed by atoms with Gasteiger partial charge in [0.1, 0.15) is 0 Å². The Balaban J connectivity index is 0. The third-order valence-electron chi connectivity index (χ3n) is 0.589. The van der Waals surface area contributed by atoms with Gasteiger partial charge < -0.3 is 10.2 Å². The van der Waals surface area contributed by atoms with Crippen LogP contribution in [0.2, 0.25) is 0 Å². The molecule has 5 heteroatoms. The minimum atomic E-state index is -1.10. The molecule has 0 heterocycles. The first-order valence-corrected chi connectivity index (χ1v) is 2.43. The standard InChI is InChI=1S/C6H6O4.Li.H/c7-5(8)3-1-2-4-6(9)10;;/h1-4H,(H,7,8)(H,9,10);;/b3-1-,4-2-;;. The van der Waals surface area contributed by atoms with Crippen molar-refractivity contribution in [3.63, 3.8) is 0 Å². The van der Waals surface area contributed by atoms with E-state index in [1.54, 1.807) is 0 Å². The number of aliphatic carboxylic acids is 2. The zero-order chi connectivity index (χ0) is 7.98. The van der Waals surface area contributed by atoms with Gasteiger partial charge in [0.25, 0.3) is 0 Å². The van der Waals surface area contributed by atoms with E-state index < -0.39 is 11.9 Å². The minimum absolute atomic E-state index is 0. The van der Waals surface area contributed by atoms with Gasteiger partial charge in [0.15, 0.2) is 0 Å². The summed E-state index contributed by atoms with van der Waals surface area (Å²) in [6, 6.07) is 0. The van der Waals surface area contributed by atoms with Crippen molar-refractivity contribution in [3.05, 3.63) is 24.3 Å². The molecule has 0 saturated heterocycles. The molecule has 2 N–H and O–H groups in total. The molecule has 0 fully saturated rings. The van der Waals surface area contributed by atoms with E-state index in [1.165, 1.54) is 0 Å². The van der Waals surface area contributed by atoms with Crippen LogP contribution in [0.3, 0.4) is 0 Å². The van der Waals surface area contributed by atoms with Crippen molar-refractivity contribution in [1.82, 2.24) is 0 Å². The van der Waals surface area contributed by atoms with E-state index in [4.69, 9.17) is 10.2 Å². The van der Waals surface area contributed by atoms with Crippen molar-refractivity contribution in [2.45, 2.75) is 0 Å². The predicted molar refractivity (Wildman–Crippen MR) is 40.7 cm³/mol. The van der Waals surface area contributed by atoms with E-state index in [9.17, 15) is 9.59 Å². The first kappa shape index (κ1) is 12.7. The Kier molecular flexibility index (Phi) is 8.21. The van der Waals surface area contributed by atoms with Crippen molar-refractivity contribution < 1.29 is 19.8 Å². The fourth-order valence-electron chi connectivity index (χ4n) is 0.276. The Labute approximate surface area is 75.4 Å². The van der Waals surface area contributed by atoms with Crippen LogP contribution in [0.1, 0.15) is 0 Å². The summed E-state index contributed by atoms with van der Waals surface area (Å²) in [5.41, 5.74) is 0. The van der Waals surface area contributed by atoms with Crippen LogP contribution in [0.4, 0.5) is 0 Å². The molecule has 11 heavy (non-hydrogen) atoms. The maximum atomic E-state index is 9.78. The third kappa shape index (κ3) is 12.3. The summed E-state index contributed by atoms with van der Waals surface area (Å²) in [5, 5.41) is 16.0. The SMILES string of the molecule is O=C(O)/C=C\C=C/C(=O)O.[LiH]. The number of rotatable bonds is 3. The van der Waals surface area contributed by atoms with E-state index in [0.29, 0.717) is 0 Å². The van der Waals surface area contributed by atoms with Gasteiger partial charge in [-0.2, -0.15) is 0 Å². The van der Waals surface area contributed by atoms with E-state index >= 15 is 0 Å².